The lowest BCUT2D eigenvalue weighted by Gasteiger charge is -2.33. The molecule has 1 fully saturated rings. The summed E-state index contributed by atoms with van der Waals surface area (Å²) in [6, 6.07) is 3.09. The maximum absolute atomic E-state index is 12.4. The van der Waals surface area contributed by atoms with Gasteiger partial charge in [-0.1, -0.05) is 0 Å². The molecule has 22 heavy (non-hydrogen) atoms. The molecule has 1 aliphatic heterocycles. The van der Waals surface area contributed by atoms with Gasteiger partial charge in [0.1, 0.15) is 4.90 Å². The Hall–Kier alpha value is -2.33. The van der Waals surface area contributed by atoms with Gasteiger partial charge < -0.3 is 4.90 Å². The maximum atomic E-state index is 12.4. The summed E-state index contributed by atoms with van der Waals surface area (Å²) in [6.45, 7) is 1.10. The van der Waals surface area contributed by atoms with Crippen LogP contribution in [0.1, 0.15) is 10.5 Å². The molecule has 3 heterocycles. The second kappa shape index (κ2) is 5.81. The molecule has 1 saturated heterocycles. The Kier molecular flexibility index (Phi) is 3.86. The molecule has 1 amide bonds. The number of amides is 1. The van der Waals surface area contributed by atoms with Gasteiger partial charge in [-0.15, -0.1) is 0 Å². The van der Waals surface area contributed by atoms with Crippen LogP contribution in [0.3, 0.4) is 0 Å². The van der Waals surface area contributed by atoms with Gasteiger partial charge in [-0.3, -0.25) is 9.78 Å². The normalized spacial score (nSPS) is 16.6. The number of hydrogen-bond donors (Lipinski definition) is 1. The van der Waals surface area contributed by atoms with Crippen LogP contribution in [0, 0.1) is 0 Å². The van der Waals surface area contributed by atoms with Gasteiger partial charge in [0.2, 0.25) is 10.0 Å². The summed E-state index contributed by atoms with van der Waals surface area (Å²) in [5.74, 6) is -0.257. The summed E-state index contributed by atoms with van der Waals surface area (Å²) in [4.78, 5) is 17.7. The fraction of sp³-hybridized carbons (Fsp3) is 0.333. The molecule has 0 bridgehead atoms. The van der Waals surface area contributed by atoms with E-state index in [9.17, 15) is 13.2 Å². The lowest BCUT2D eigenvalue weighted by Crippen LogP contribution is -2.50. The van der Waals surface area contributed by atoms with E-state index in [0.29, 0.717) is 13.1 Å². The molecule has 1 aliphatic rings. The molecule has 0 saturated carbocycles. The van der Waals surface area contributed by atoms with Gasteiger partial charge in [-0.25, -0.2) is 8.42 Å². The van der Waals surface area contributed by atoms with E-state index in [4.69, 9.17) is 0 Å². The van der Waals surface area contributed by atoms with Gasteiger partial charge in [0.05, 0.1) is 6.20 Å². The quantitative estimate of drug-likeness (QED) is 0.803. The Morgan fingerprint density at radius 1 is 1.18 bits per heavy atom. The highest BCUT2D eigenvalue weighted by Gasteiger charge is 2.31. The lowest BCUT2D eigenvalue weighted by molar-refractivity contribution is 0.0692. The van der Waals surface area contributed by atoms with E-state index in [2.05, 4.69) is 20.4 Å². The molecule has 0 atom stereocenters. The lowest BCUT2D eigenvalue weighted by atomic mass is 10.3. The topological polar surface area (TPSA) is 112 Å². The van der Waals surface area contributed by atoms with Gasteiger partial charge >= 0.3 is 0 Å². The number of rotatable bonds is 3. The van der Waals surface area contributed by atoms with Crippen molar-refractivity contribution in [2.24, 2.45) is 0 Å². The minimum atomic E-state index is -3.57. The fourth-order valence-corrected chi connectivity index (χ4v) is 3.63. The van der Waals surface area contributed by atoms with Gasteiger partial charge in [0.25, 0.3) is 5.91 Å². The van der Waals surface area contributed by atoms with Crippen molar-refractivity contribution in [1.82, 2.24) is 29.6 Å². The van der Waals surface area contributed by atoms with E-state index in [1.165, 1.54) is 29.0 Å². The predicted octanol–water partition coefficient (Wildman–Crippen LogP) is -0.654. The zero-order valence-electron chi connectivity index (χ0n) is 11.6. The third kappa shape index (κ3) is 2.70. The fourth-order valence-electron chi connectivity index (χ4n) is 2.25. The summed E-state index contributed by atoms with van der Waals surface area (Å²) in [5, 5.41) is 9.72. The van der Waals surface area contributed by atoms with Crippen LogP contribution in [0.5, 0.6) is 0 Å². The van der Waals surface area contributed by atoms with Crippen molar-refractivity contribution in [3.8, 4) is 0 Å². The number of piperazine rings is 1. The Balaban J connectivity index is 1.68. The Morgan fingerprint density at radius 3 is 2.55 bits per heavy atom. The summed E-state index contributed by atoms with van der Waals surface area (Å²) in [5.41, 5.74) is 0.226. The van der Waals surface area contributed by atoms with Crippen LogP contribution in [0.2, 0.25) is 0 Å². The molecule has 3 rings (SSSR count). The van der Waals surface area contributed by atoms with E-state index in [-0.39, 0.29) is 29.6 Å². The van der Waals surface area contributed by atoms with Crippen molar-refractivity contribution in [3.63, 3.8) is 0 Å². The average molecular weight is 322 g/mol. The summed E-state index contributed by atoms with van der Waals surface area (Å²) in [6.07, 6.45) is 4.19. The minimum Gasteiger partial charge on any atom is -0.335 e. The number of aromatic nitrogens is 4. The largest absolute Gasteiger partial charge is 0.335 e. The standard InChI is InChI=1S/C12H14N6O3S/c19-12(11-9-14-16-15-11)17-4-6-18(7-5-17)22(20,21)10-2-1-3-13-8-10/h1-3,8-9H,4-7H2,(H,14,15,16). The molecule has 0 spiro atoms. The number of nitrogens with zero attached hydrogens (tertiary/aromatic N) is 5. The van der Waals surface area contributed by atoms with E-state index in [1.807, 2.05) is 0 Å². The van der Waals surface area contributed by atoms with Crippen LogP contribution in [0.25, 0.3) is 0 Å². The number of aromatic amines is 1. The van der Waals surface area contributed by atoms with Crippen LogP contribution in [-0.2, 0) is 10.0 Å². The van der Waals surface area contributed by atoms with Crippen LogP contribution in [-0.4, -0.2) is 70.1 Å². The number of carbonyl (C=O) groups is 1. The maximum Gasteiger partial charge on any atom is 0.276 e. The second-order valence-electron chi connectivity index (χ2n) is 4.74. The molecule has 10 heteroatoms. The first kappa shape index (κ1) is 14.6. The predicted molar refractivity (Wildman–Crippen MR) is 75.3 cm³/mol. The van der Waals surface area contributed by atoms with Crippen molar-refractivity contribution >= 4 is 15.9 Å². The summed E-state index contributed by atoms with van der Waals surface area (Å²) in [7, 11) is -3.57. The molecule has 2 aromatic heterocycles. The van der Waals surface area contributed by atoms with Crippen LogP contribution >= 0.6 is 0 Å². The molecular weight excluding hydrogens is 308 g/mol. The van der Waals surface area contributed by atoms with Crippen molar-refractivity contribution in [2.45, 2.75) is 4.90 Å². The Labute approximate surface area is 127 Å². The third-order valence-corrected chi connectivity index (χ3v) is 5.31. The molecular formula is C12H14N6O3S. The van der Waals surface area contributed by atoms with E-state index in [1.54, 1.807) is 11.0 Å². The van der Waals surface area contributed by atoms with Crippen LogP contribution in [0.4, 0.5) is 0 Å². The average Bonchev–Trinajstić information content (AvgIpc) is 3.09. The number of sulfonamides is 1. The van der Waals surface area contributed by atoms with Crippen LogP contribution in [0.15, 0.2) is 35.6 Å². The minimum absolute atomic E-state index is 0.159. The number of H-pyrrole nitrogens is 1. The number of hydrogen-bond acceptors (Lipinski definition) is 6. The number of pyridine rings is 1. The van der Waals surface area contributed by atoms with E-state index >= 15 is 0 Å². The molecule has 1 N–H and O–H groups in total. The zero-order chi connectivity index (χ0) is 15.6. The first-order valence-corrected chi connectivity index (χ1v) is 8.08. The molecule has 0 unspecified atom stereocenters. The van der Waals surface area contributed by atoms with Gasteiger partial charge in [-0.2, -0.15) is 19.7 Å². The molecule has 2 aromatic rings. The molecule has 9 nitrogen and oxygen atoms in total. The van der Waals surface area contributed by atoms with Crippen molar-refractivity contribution in [3.05, 3.63) is 36.4 Å². The first-order valence-electron chi connectivity index (χ1n) is 6.64. The van der Waals surface area contributed by atoms with Crippen LogP contribution < -0.4 is 0 Å². The van der Waals surface area contributed by atoms with Gasteiger partial charge in [0.15, 0.2) is 5.69 Å². The number of nitrogens with one attached hydrogen (secondary N) is 1. The molecule has 0 radical (unpaired) electrons. The Morgan fingerprint density at radius 2 is 1.95 bits per heavy atom. The smallest absolute Gasteiger partial charge is 0.276 e. The first-order chi connectivity index (χ1) is 10.6. The molecule has 116 valence electrons. The van der Waals surface area contributed by atoms with E-state index in [0.717, 1.165) is 0 Å². The SMILES string of the molecule is O=C(c1cn[nH]n1)N1CCN(S(=O)(=O)c2cccnc2)CC1. The highest BCUT2D eigenvalue weighted by molar-refractivity contribution is 7.89. The Bertz CT molecular complexity index is 738. The summed E-state index contributed by atoms with van der Waals surface area (Å²) < 4.78 is 26.3. The van der Waals surface area contributed by atoms with Crippen molar-refractivity contribution in [1.29, 1.82) is 0 Å². The number of carbonyl (C=O) groups excluding carboxylic acids is 1. The zero-order valence-corrected chi connectivity index (χ0v) is 12.4. The molecule has 0 aromatic carbocycles. The summed E-state index contributed by atoms with van der Waals surface area (Å²) >= 11 is 0. The van der Waals surface area contributed by atoms with Crippen molar-refractivity contribution < 1.29 is 13.2 Å². The van der Waals surface area contributed by atoms with Crippen molar-refractivity contribution in [2.75, 3.05) is 26.2 Å². The van der Waals surface area contributed by atoms with Gasteiger partial charge in [-0.05, 0) is 12.1 Å². The highest BCUT2D eigenvalue weighted by Crippen LogP contribution is 2.17. The monoisotopic (exact) mass is 322 g/mol. The van der Waals surface area contributed by atoms with Gasteiger partial charge in [0, 0.05) is 38.6 Å². The second-order valence-corrected chi connectivity index (χ2v) is 6.68. The highest BCUT2D eigenvalue weighted by atomic mass is 32.2. The van der Waals surface area contributed by atoms with E-state index < -0.39 is 10.0 Å². The molecule has 0 aliphatic carbocycles. The third-order valence-electron chi connectivity index (χ3n) is 3.43.